The van der Waals surface area contributed by atoms with E-state index >= 15 is 0 Å². The van der Waals surface area contributed by atoms with Crippen molar-refractivity contribution in [1.82, 2.24) is 19.6 Å². The molecule has 0 fully saturated rings. The number of aliphatic hydroxyl groups excluding tert-OH is 6. The van der Waals surface area contributed by atoms with Crippen LogP contribution >= 0.6 is 60.8 Å². The fourth-order valence-corrected chi connectivity index (χ4v) is 12.8. The Bertz CT molecular complexity index is 1850. The molecule has 72 heavy (non-hydrogen) atoms. The van der Waals surface area contributed by atoms with Crippen molar-refractivity contribution in [2.45, 2.75) is 55.4 Å². The topological polar surface area (TPSA) is 632 Å². The zero-order chi connectivity index (χ0) is 56.7. The summed E-state index contributed by atoms with van der Waals surface area (Å²) in [5.41, 5.74) is 0. The van der Waals surface area contributed by atoms with Gasteiger partial charge in [0.05, 0.1) is 57.5 Å². The molecule has 0 saturated carbocycles. The van der Waals surface area contributed by atoms with Crippen molar-refractivity contribution in [3.63, 3.8) is 0 Å². The van der Waals surface area contributed by atoms with Gasteiger partial charge in [0.1, 0.15) is 68.6 Å². The molecule has 0 bridgehead atoms. The van der Waals surface area contributed by atoms with Crippen LogP contribution in [-0.4, -0.2) is 287 Å². The molecule has 0 saturated heterocycles. The van der Waals surface area contributed by atoms with Crippen LogP contribution in [0.25, 0.3) is 0 Å². The van der Waals surface area contributed by atoms with Crippen LogP contribution < -0.4 is 0 Å². The molecule has 0 amide bonds. The van der Waals surface area contributed by atoms with Gasteiger partial charge in [-0.1, -0.05) is 0 Å². The second-order valence-corrected chi connectivity index (χ2v) is 29.2. The van der Waals surface area contributed by atoms with Crippen molar-refractivity contribution in [3.05, 3.63) is 0 Å². The maximum absolute atomic E-state index is 12.0. The van der Waals surface area contributed by atoms with E-state index in [9.17, 15) is 145 Å². The lowest BCUT2D eigenvalue weighted by molar-refractivity contribution is -0.345. The van der Waals surface area contributed by atoms with E-state index in [2.05, 4.69) is 0 Å². The molecule has 7 atom stereocenters. The van der Waals surface area contributed by atoms with E-state index in [1.165, 1.54) is 0 Å². The van der Waals surface area contributed by atoms with Crippen LogP contribution in [0, 0.1) is 0 Å². The smallest absolute Gasteiger partial charge is 0.339 e. The number of hydrogen-bond acceptors (Lipinski definition) is 22. The predicted octanol–water partition coefficient (Wildman–Crippen LogP) is -7.41. The molecule has 0 aromatic rings. The molecule has 0 spiro atoms. The Kier molecular flexibility index (Phi) is 30.6. The number of ether oxygens (including phenoxy) is 4. The molecule has 0 aliphatic heterocycles. The summed E-state index contributed by atoms with van der Waals surface area (Å²) >= 11 is 0. The highest BCUT2D eigenvalue weighted by atomic mass is 31.2. The van der Waals surface area contributed by atoms with Crippen LogP contribution in [0.4, 0.5) is 0 Å². The van der Waals surface area contributed by atoms with Crippen LogP contribution in [0.15, 0.2) is 0 Å². The van der Waals surface area contributed by atoms with Gasteiger partial charge in [-0.05, 0) is 6.92 Å². The SMILES string of the molecule is CC(O)C(OCC(O)CN(CP(=O)(O)O)CP(=O)(O)O)(OCC(O)CN(CP(=O)(O)O)CP(=O)(O)O)C(O)C(COCC(O)CN(CP(=O)(O)O)CP(=O)(O)O)OCC(O)CN(CP(=O)(O)O)CP(=O)(O)O. The van der Waals surface area contributed by atoms with E-state index in [1.807, 2.05) is 0 Å². The second kappa shape index (κ2) is 30.3. The van der Waals surface area contributed by atoms with Gasteiger partial charge in [-0.15, -0.1) is 0 Å². The molecule has 0 radical (unpaired) electrons. The zero-order valence-electron chi connectivity index (χ0n) is 37.7. The van der Waals surface area contributed by atoms with E-state index in [1.54, 1.807) is 0 Å². The molecule has 22 N–H and O–H groups in total. The lowest BCUT2D eigenvalue weighted by Crippen LogP contribution is -2.62. The summed E-state index contributed by atoms with van der Waals surface area (Å²) in [5.74, 6) is -3.25. The summed E-state index contributed by atoms with van der Waals surface area (Å²) in [4.78, 5) is 152. The minimum Gasteiger partial charge on any atom is -0.389 e. The number of hydrogen-bond donors (Lipinski definition) is 22. The maximum Gasteiger partial charge on any atom is 0.339 e. The van der Waals surface area contributed by atoms with Crippen LogP contribution in [-0.2, 0) is 55.5 Å². The zero-order valence-corrected chi connectivity index (χ0v) is 44.8. The van der Waals surface area contributed by atoms with E-state index in [4.69, 9.17) is 18.9 Å². The highest BCUT2D eigenvalue weighted by Crippen LogP contribution is 2.44. The van der Waals surface area contributed by atoms with Gasteiger partial charge in [0.25, 0.3) is 0 Å². The molecular weight excluding hydrogens is 1160 g/mol. The number of rotatable bonds is 40. The Hall–Kier alpha value is 0.640. The van der Waals surface area contributed by atoms with Gasteiger partial charge >= 0.3 is 60.8 Å². The van der Waals surface area contributed by atoms with Gasteiger partial charge < -0.3 is 128 Å². The summed E-state index contributed by atoms with van der Waals surface area (Å²) < 4.78 is 116. The minimum atomic E-state index is -5.14. The number of aliphatic hydroxyl groups is 6. The fraction of sp³-hybridized carbons (Fsp3) is 1.00. The van der Waals surface area contributed by atoms with Crippen molar-refractivity contribution in [2.24, 2.45) is 0 Å². The van der Waals surface area contributed by atoms with Gasteiger partial charge in [-0.3, -0.25) is 56.1 Å². The standard InChI is InChI=1S/C26H66N4O34P8/c1-19(31)26(63-8-22(34)4-29(15-69(49,50)51)16-70(52,53)54,64-9-23(35)5-30(17-71(55,56)57)18-72(58,59)60)25(36)24(62-7-21(33)3-28(13-67(43,44)45)14-68(46,47)48)10-61-6-20(32)2-27(11-65(37,38)39)12-66(40,41)42/h19-25,31-36H,2-18H2,1H3,(H2,37,38,39)(H2,40,41,42)(H2,43,44,45)(H2,46,47,48)(H2,49,50,51)(H2,52,53,54)(H2,55,56,57)(H2,58,59,60). The summed E-state index contributed by atoms with van der Waals surface area (Å²) in [6.45, 7) is -9.37. The Labute approximate surface area is 409 Å². The van der Waals surface area contributed by atoms with Gasteiger partial charge in [-0.2, -0.15) is 0 Å². The summed E-state index contributed by atoms with van der Waals surface area (Å²) in [6, 6.07) is 0. The molecule has 0 aromatic carbocycles. The van der Waals surface area contributed by atoms with Crippen LogP contribution in [0.5, 0.6) is 0 Å². The van der Waals surface area contributed by atoms with Crippen molar-refractivity contribution >= 4 is 60.8 Å². The van der Waals surface area contributed by atoms with E-state index in [0.717, 1.165) is 6.92 Å². The first-order valence-corrected chi connectivity index (χ1v) is 34.2. The highest BCUT2D eigenvalue weighted by molar-refractivity contribution is 7.54. The Morgan fingerprint density at radius 1 is 0.361 bits per heavy atom. The third-order valence-corrected chi connectivity index (χ3v) is 14.5. The van der Waals surface area contributed by atoms with Gasteiger partial charge in [0.2, 0.25) is 5.79 Å². The molecule has 0 aliphatic carbocycles. The molecule has 7 unspecified atom stereocenters. The molecular formula is C26H66N4O34P8. The molecule has 0 aromatic heterocycles. The Morgan fingerprint density at radius 3 is 0.806 bits per heavy atom. The summed E-state index contributed by atoms with van der Waals surface area (Å²) in [5, 5.41) is 66.5. The molecule has 434 valence electrons. The van der Waals surface area contributed by atoms with Gasteiger partial charge in [-0.25, -0.2) is 0 Å². The van der Waals surface area contributed by atoms with Crippen molar-refractivity contribution in [3.8, 4) is 0 Å². The Balaban J connectivity index is 7.43. The maximum atomic E-state index is 12.0. The first-order chi connectivity index (χ1) is 32.0. The van der Waals surface area contributed by atoms with Gasteiger partial charge in [0, 0.05) is 26.2 Å². The monoisotopic (exact) mass is 1230 g/mol. The van der Waals surface area contributed by atoms with E-state index in [-0.39, 0.29) is 0 Å². The van der Waals surface area contributed by atoms with Crippen molar-refractivity contribution in [2.75, 3.05) is 110 Å². The first kappa shape index (κ1) is 72.6. The summed E-state index contributed by atoms with van der Waals surface area (Å²) in [6.07, 6.45) is -26.5. The lowest BCUT2D eigenvalue weighted by Gasteiger charge is -2.43. The minimum absolute atomic E-state index is 0.368. The third kappa shape index (κ3) is 37.5. The first-order valence-electron chi connectivity index (χ1n) is 19.8. The van der Waals surface area contributed by atoms with Crippen molar-refractivity contribution in [1.29, 1.82) is 0 Å². The van der Waals surface area contributed by atoms with Gasteiger partial charge in [0.15, 0.2) is 0 Å². The number of nitrogens with zero attached hydrogens (tertiary/aromatic N) is 4. The van der Waals surface area contributed by atoms with E-state index < -0.39 is 219 Å². The van der Waals surface area contributed by atoms with Crippen LogP contribution in [0.2, 0.25) is 0 Å². The third-order valence-electron chi connectivity index (χ3n) is 8.39. The van der Waals surface area contributed by atoms with Crippen LogP contribution in [0.1, 0.15) is 6.92 Å². The molecule has 0 heterocycles. The lowest BCUT2D eigenvalue weighted by atomic mass is 9.98. The summed E-state index contributed by atoms with van der Waals surface area (Å²) in [7, 11) is -40.9. The highest BCUT2D eigenvalue weighted by Gasteiger charge is 2.51. The van der Waals surface area contributed by atoms with E-state index in [0.29, 0.717) is 19.6 Å². The fourth-order valence-electron chi connectivity index (χ4n) is 6.33. The molecule has 0 aliphatic rings. The van der Waals surface area contributed by atoms with Crippen molar-refractivity contribution < 1.29 is 164 Å². The quantitative estimate of drug-likeness (QED) is 0.0200. The predicted molar refractivity (Wildman–Crippen MR) is 239 cm³/mol. The Morgan fingerprint density at radius 2 is 0.583 bits per heavy atom. The average molecular weight is 1230 g/mol. The average Bonchev–Trinajstić information content (AvgIpc) is 3.06. The molecule has 46 heteroatoms. The molecule has 38 nitrogen and oxygen atoms in total. The largest absolute Gasteiger partial charge is 0.389 e. The molecule has 0 rings (SSSR count). The second-order valence-electron chi connectivity index (χ2n) is 16.4. The van der Waals surface area contributed by atoms with Crippen LogP contribution in [0.3, 0.4) is 0 Å². The normalized spacial score (nSPS) is 18.1.